The van der Waals surface area contributed by atoms with Gasteiger partial charge in [-0.1, -0.05) is 36.4 Å². The predicted molar refractivity (Wildman–Crippen MR) is 154 cm³/mol. The summed E-state index contributed by atoms with van der Waals surface area (Å²) in [5.41, 5.74) is 9.11. The van der Waals surface area contributed by atoms with E-state index < -0.39 is 0 Å². The lowest BCUT2D eigenvalue weighted by Gasteiger charge is -2.23. The summed E-state index contributed by atoms with van der Waals surface area (Å²) in [4.78, 5) is 26.7. The van der Waals surface area contributed by atoms with E-state index in [2.05, 4.69) is 39.8 Å². The highest BCUT2D eigenvalue weighted by molar-refractivity contribution is 6.18. The van der Waals surface area contributed by atoms with Gasteiger partial charge in [-0.2, -0.15) is 0 Å². The molecule has 8 nitrogen and oxygen atoms in total. The molecule has 10 heteroatoms. The minimum absolute atomic E-state index is 0.0118. The number of rotatable bonds is 15. The maximum absolute atomic E-state index is 12.4. The molecule has 3 rings (SSSR count). The van der Waals surface area contributed by atoms with Crippen LogP contribution in [0, 0.1) is 5.41 Å². The SMILES string of the molecule is N=C(N)c1ccc(-c2ccc(C(=O)NCCNC(=O)CCCc3ccc(N(CCCl)CCCl)cc3)o2)cc1. The summed E-state index contributed by atoms with van der Waals surface area (Å²) in [6.45, 7) is 2.11. The zero-order valence-electron chi connectivity index (χ0n) is 21.1. The number of halogens is 2. The van der Waals surface area contributed by atoms with Gasteiger partial charge in [-0.15, -0.1) is 23.2 Å². The standard InChI is InChI=1S/C28H33Cl2N5O3/c29-14-18-35(19-15-30)23-10-4-20(5-11-23)2-1-3-26(36)33-16-17-34-28(37)25-13-12-24(38-25)21-6-8-22(9-7-21)27(31)32/h4-13H,1-3,14-19H2,(H3,31,32)(H,33,36)(H,34,37). The van der Waals surface area contributed by atoms with E-state index in [0.29, 0.717) is 36.0 Å². The van der Waals surface area contributed by atoms with E-state index in [9.17, 15) is 9.59 Å². The Morgan fingerprint density at radius 3 is 2.18 bits per heavy atom. The lowest BCUT2D eigenvalue weighted by Crippen LogP contribution is -2.34. The van der Waals surface area contributed by atoms with E-state index in [1.807, 2.05) is 0 Å². The second-order valence-electron chi connectivity index (χ2n) is 8.65. The highest BCUT2D eigenvalue weighted by Gasteiger charge is 2.12. The van der Waals surface area contributed by atoms with E-state index in [1.54, 1.807) is 36.4 Å². The molecule has 3 aromatic rings. The number of benzene rings is 2. The topological polar surface area (TPSA) is 124 Å². The van der Waals surface area contributed by atoms with Crippen molar-refractivity contribution in [2.75, 3.05) is 42.8 Å². The van der Waals surface area contributed by atoms with Crippen molar-refractivity contribution < 1.29 is 14.0 Å². The number of hydrogen-bond donors (Lipinski definition) is 4. The summed E-state index contributed by atoms with van der Waals surface area (Å²) in [5, 5.41) is 13.0. The van der Waals surface area contributed by atoms with Gasteiger partial charge in [0.15, 0.2) is 5.76 Å². The first kappa shape index (κ1) is 29.1. The van der Waals surface area contributed by atoms with Crippen molar-refractivity contribution in [3.8, 4) is 11.3 Å². The van der Waals surface area contributed by atoms with Crippen LogP contribution in [0.2, 0.25) is 0 Å². The Bertz CT molecular complexity index is 1190. The summed E-state index contributed by atoms with van der Waals surface area (Å²) in [7, 11) is 0. The van der Waals surface area contributed by atoms with Crippen LogP contribution in [0.15, 0.2) is 65.1 Å². The van der Waals surface area contributed by atoms with Crippen molar-refractivity contribution in [2.45, 2.75) is 19.3 Å². The zero-order valence-corrected chi connectivity index (χ0v) is 22.7. The summed E-state index contributed by atoms with van der Waals surface area (Å²) in [6, 6.07) is 18.6. The van der Waals surface area contributed by atoms with Crippen LogP contribution >= 0.6 is 23.2 Å². The monoisotopic (exact) mass is 557 g/mol. The first-order valence-electron chi connectivity index (χ1n) is 12.5. The van der Waals surface area contributed by atoms with E-state index in [4.69, 9.17) is 38.8 Å². The molecule has 0 bridgehead atoms. The van der Waals surface area contributed by atoms with Crippen molar-refractivity contribution >= 4 is 46.5 Å². The molecule has 2 amide bonds. The van der Waals surface area contributed by atoms with Crippen molar-refractivity contribution in [1.82, 2.24) is 10.6 Å². The van der Waals surface area contributed by atoms with Crippen molar-refractivity contribution in [1.29, 1.82) is 5.41 Å². The molecule has 0 fully saturated rings. The van der Waals surface area contributed by atoms with Crippen LogP contribution in [0.3, 0.4) is 0 Å². The second kappa shape index (κ2) is 15.1. The molecule has 0 aliphatic rings. The molecule has 0 aliphatic carbocycles. The molecular weight excluding hydrogens is 525 g/mol. The molecule has 0 aliphatic heterocycles. The number of hydrogen-bond acceptors (Lipinski definition) is 5. The lowest BCUT2D eigenvalue weighted by atomic mass is 10.1. The van der Waals surface area contributed by atoms with E-state index in [0.717, 1.165) is 42.7 Å². The molecule has 2 aromatic carbocycles. The fraction of sp³-hybridized carbons (Fsp3) is 0.321. The summed E-state index contributed by atoms with van der Waals surface area (Å²) < 4.78 is 5.65. The van der Waals surface area contributed by atoms with Crippen LogP contribution in [0.25, 0.3) is 11.3 Å². The Labute approximate surface area is 233 Å². The van der Waals surface area contributed by atoms with Crippen LogP contribution < -0.4 is 21.3 Å². The summed E-state index contributed by atoms with van der Waals surface area (Å²) in [5.74, 6) is 1.38. The molecule has 1 heterocycles. The van der Waals surface area contributed by atoms with Gasteiger partial charge in [0.05, 0.1) is 0 Å². The first-order chi connectivity index (χ1) is 18.4. The number of anilines is 1. The number of nitrogen functional groups attached to an aromatic ring is 1. The largest absolute Gasteiger partial charge is 0.451 e. The molecule has 0 atom stereocenters. The molecule has 0 spiro atoms. The number of amides is 2. The molecular formula is C28H33Cl2N5O3. The van der Waals surface area contributed by atoms with Gasteiger partial charge in [0.1, 0.15) is 11.6 Å². The lowest BCUT2D eigenvalue weighted by molar-refractivity contribution is -0.121. The Balaban J connectivity index is 1.34. The molecule has 5 N–H and O–H groups in total. The third kappa shape index (κ3) is 8.82. The number of alkyl halides is 2. The van der Waals surface area contributed by atoms with Gasteiger partial charge in [0.2, 0.25) is 5.91 Å². The Hall–Kier alpha value is -3.49. The van der Waals surface area contributed by atoms with Gasteiger partial charge in [-0.3, -0.25) is 15.0 Å². The second-order valence-corrected chi connectivity index (χ2v) is 9.40. The Morgan fingerprint density at radius 1 is 0.895 bits per heavy atom. The fourth-order valence-electron chi connectivity index (χ4n) is 3.88. The summed E-state index contributed by atoms with van der Waals surface area (Å²) in [6.07, 6.45) is 1.94. The number of aryl methyl sites for hydroxylation is 1. The average molecular weight is 559 g/mol. The molecule has 0 radical (unpaired) electrons. The minimum Gasteiger partial charge on any atom is -0.451 e. The van der Waals surface area contributed by atoms with Crippen LogP contribution in [0.1, 0.15) is 34.5 Å². The minimum atomic E-state index is -0.357. The number of nitrogens with zero attached hydrogens (tertiary/aromatic N) is 1. The molecule has 1 aromatic heterocycles. The van der Waals surface area contributed by atoms with Gasteiger partial charge in [0.25, 0.3) is 5.91 Å². The highest BCUT2D eigenvalue weighted by Crippen LogP contribution is 2.22. The molecule has 202 valence electrons. The van der Waals surface area contributed by atoms with Crippen molar-refractivity contribution in [3.05, 3.63) is 77.6 Å². The van der Waals surface area contributed by atoms with Crippen LogP contribution in [-0.2, 0) is 11.2 Å². The number of amidine groups is 1. The molecule has 0 unspecified atom stereocenters. The van der Waals surface area contributed by atoms with Gasteiger partial charge < -0.3 is 25.7 Å². The van der Waals surface area contributed by atoms with Gasteiger partial charge >= 0.3 is 0 Å². The highest BCUT2D eigenvalue weighted by atomic mass is 35.5. The first-order valence-corrected chi connectivity index (χ1v) is 13.5. The van der Waals surface area contributed by atoms with Crippen LogP contribution in [0.4, 0.5) is 5.69 Å². The van der Waals surface area contributed by atoms with Crippen molar-refractivity contribution in [2.24, 2.45) is 5.73 Å². The predicted octanol–water partition coefficient (Wildman–Crippen LogP) is 4.38. The maximum Gasteiger partial charge on any atom is 0.287 e. The third-order valence-electron chi connectivity index (χ3n) is 5.92. The normalized spacial score (nSPS) is 10.7. The molecule has 38 heavy (non-hydrogen) atoms. The zero-order chi connectivity index (χ0) is 27.3. The number of carbonyl (C=O) groups excluding carboxylic acids is 2. The number of nitrogens with two attached hydrogens (primary N) is 1. The quantitative estimate of drug-likeness (QED) is 0.0954. The number of furan rings is 1. The smallest absolute Gasteiger partial charge is 0.287 e. The van der Waals surface area contributed by atoms with E-state index >= 15 is 0 Å². The van der Waals surface area contributed by atoms with Crippen LogP contribution in [0.5, 0.6) is 0 Å². The van der Waals surface area contributed by atoms with E-state index in [-0.39, 0.29) is 30.0 Å². The Morgan fingerprint density at radius 2 is 1.55 bits per heavy atom. The molecule has 0 saturated heterocycles. The van der Waals surface area contributed by atoms with Crippen LogP contribution in [-0.4, -0.2) is 55.6 Å². The number of nitrogens with one attached hydrogen (secondary N) is 3. The van der Waals surface area contributed by atoms with Gasteiger partial charge in [-0.05, 0) is 42.7 Å². The number of carbonyl (C=O) groups is 2. The van der Waals surface area contributed by atoms with Crippen molar-refractivity contribution in [3.63, 3.8) is 0 Å². The third-order valence-corrected chi connectivity index (χ3v) is 6.26. The Kier molecular flexibility index (Phi) is 11.5. The van der Waals surface area contributed by atoms with Gasteiger partial charge in [-0.25, -0.2) is 0 Å². The summed E-state index contributed by atoms with van der Waals surface area (Å²) >= 11 is 11.8. The fourth-order valence-corrected chi connectivity index (χ4v) is 4.29. The van der Waals surface area contributed by atoms with Gasteiger partial charge in [0, 0.05) is 61.2 Å². The maximum atomic E-state index is 12.4. The molecule has 0 saturated carbocycles. The average Bonchev–Trinajstić information content (AvgIpc) is 3.42. The van der Waals surface area contributed by atoms with E-state index in [1.165, 1.54) is 0 Å².